The number of carbonyl (C=O) groups excluding carboxylic acids is 1. The van der Waals surface area contributed by atoms with Crippen molar-refractivity contribution in [2.75, 3.05) is 18.1 Å². The largest absolute Gasteiger partial charge is 0.318 e. The highest BCUT2D eigenvalue weighted by Crippen LogP contribution is 2.29. The highest BCUT2D eigenvalue weighted by molar-refractivity contribution is 7.91. The van der Waals surface area contributed by atoms with Gasteiger partial charge in [-0.3, -0.25) is 10.1 Å². The summed E-state index contributed by atoms with van der Waals surface area (Å²) in [6, 6.07) is 9.47. The van der Waals surface area contributed by atoms with Gasteiger partial charge < -0.3 is 4.90 Å². The van der Waals surface area contributed by atoms with Gasteiger partial charge in [0.25, 0.3) is 0 Å². The topological polar surface area (TPSA) is 66.5 Å². The molecule has 0 aliphatic carbocycles. The maximum absolute atomic E-state index is 12.0. The lowest BCUT2D eigenvalue weighted by Gasteiger charge is -2.29. The van der Waals surface area contributed by atoms with Crippen molar-refractivity contribution in [1.29, 1.82) is 0 Å². The summed E-state index contributed by atoms with van der Waals surface area (Å²) in [4.78, 5) is 13.7. The predicted molar refractivity (Wildman–Crippen MR) is 71.1 cm³/mol. The van der Waals surface area contributed by atoms with Crippen molar-refractivity contribution < 1.29 is 13.2 Å². The fourth-order valence-corrected chi connectivity index (χ4v) is 4.55. The van der Waals surface area contributed by atoms with Crippen LogP contribution in [0.1, 0.15) is 18.2 Å². The molecule has 2 heterocycles. The Hall–Kier alpha value is -1.40. The number of hydrogen-bond acceptors (Lipinski definition) is 4. The van der Waals surface area contributed by atoms with Gasteiger partial charge in [0.15, 0.2) is 9.84 Å². The summed E-state index contributed by atoms with van der Waals surface area (Å²) in [5, 5.41) is 3.16. The number of benzene rings is 1. The molecule has 0 aromatic heterocycles. The van der Waals surface area contributed by atoms with E-state index in [9.17, 15) is 13.2 Å². The first kappa shape index (κ1) is 12.6. The molecule has 6 heteroatoms. The highest BCUT2D eigenvalue weighted by Gasteiger charge is 2.41. The average molecular weight is 280 g/mol. The predicted octanol–water partition coefficient (Wildman–Crippen LogP) is 0.304. The van der Waals surface area contributed by atoms with E-state index in [4.69, 9.17) is 0 Å². The molecule has 2 atom stereocenters. The summed E-state index contributed by atoms with van der Waals surface area (Å²) in [5.41, 5.74) is 0.998. The van der Waals surface area contributed by atoms with Crippen LogP contribution in [0.5, 0.6) is 0 Å². The summed E-state index contributed by atoms with van der Waals surface area (Å²) in [6.45, 7) is 0.274. The highest BCUT2D eigenvalue weighted by atomic mass is 32.2. The van der Waals surface area contributed by atoms with Crippen LogP contribution in [0.2, 0.25) is 0 Å². The normalized spacial score (nSPS) is 29.9. The van der Waals surface area contributed by atoms with Crippen LogP contribution in [-0.4, -0.2) is 43.3 Å². The van der Waals surface area contributed by atoms with Crippen LogP contribution in [0, 0.1) is 0 Å². The van der Waals surface area contributed by atoms with Gasteiger partial charge in [0.05, 0.1) is 18.1 Å². The van der Waals surface area contributed by atoms with Gasteiger partial charge >= 0.3 is 0 Å². The Morgan fingerprint density at radius 2 is 1.95 bits per heavy atom. The van der Waals surface area contributed by atoms with E-state index in [2.05, 4.69) is 5.32 Å². The zero-order valence-electron chi connectivity index (χ0n) is 10.5. The van der Waals surface area contributed by atoms with E-state index in [1.807, 2.05) is 30.3 Å². The molecule has 0 spiro atoms. The number of nitrogens with zero attached hydrogens (tertiary/aromatic N) is 1. The van der Waals surface area contributed by atoms with E-state index in [0.717, 1.165) is 5.56 Å². The van der Waals surface area contributed by atoms with Gasteiger partial charge in [0, 0.05) is 6.04 Å². The van der Waals surface area contributed by atoms with Gasteiger partial charge in [-0.1, -0.05) is 30.3 Å². The second-order valence-corrected chi connectivity index (χ2v) is 7.28. The molecule has 1 aromatic rings. The molecule has 0 radical (unpaired) electrons. The van der Waals surface area contributed by atoms with Crippen LogP contribution < -0.4 is 5.32 Å². The van der Waals surface area contributed by atoms with Gasteiger partial charge in [0.1, 0.15) is 6.17 Å². The van der Waals surface area contributed by atoms with Crippen molar-refractivity contribution in [3.05, 3.63) is 35.9 Å². The van der Waals surface area contributed by atoms with Crippen LogP contribution in [0.3, 0.4) is 0 Å². The van der Waals surface area contributed by atoms with Crippen molar-refractivity contribution in [3.8, 4) is 0 Å². The Kier molecular flexibility index (Phi) is 3.06. The van der Waals surface area contributed by atoms with Crippen LogP contribution >= 0.6 is 0 Å². The summed E-state index contributed by atoms with van der Waals surface area (Å²) < 4.78 is 23.2. The van der Waals surface area contributed by atoms with Crippen LogP contribution in [0.25, 0.3) is 0 Å². The van der Waals surface area contributed by atoms with Crippen molar-refractivity contribution in [1.82, 2.24) is 10.2 Å². The van der Waals surface area contributed by atoms with Gasteiger partial charge in [0.2, 0.25) is 5.91 Å². The zero-order chi connectivity index (χ0) is 13.5. The van der Waals surface area contributed by atoms with Gasteiger partial charge in [-0.05, 0) is 12.0 Å². The SMILES string of the molecule is O=C1CNC(c2ccccc2)N1C1CCS(=O)(=O)C1. The van der Waals surface area contributed by atoms with Gasteiger partial charge in [-0.15, -0.1) is 0 Å². The third-order valence-electron chi connectivity index (χ3n) is 3.73. The molecule has 102 valence electrons. The molecule has 0 bridgehead atoms. The molecule has 2 fully saturated rings. The monoisotopic (exact) mass is 280 g/mol. The molecular weight excluding hydrogens is 264 g/mol. The van der Waals surface area contributed by atoms with E-state index < -0.39 is 9.84 Å². The first-order chi connectivity index (χ1) is 9.07. The molecule has 2 aliphatic heterocycles. The summed E-state index contributed by atoms with van der Waals surface area (Å²) in [6.07, 6.45) is 0.339. The molecule has 3 rings (SSSR count). The van der Waals surface area contributed by atoms with E-state index in [0.29, 0.717) is 6.42 Å². The van der Waals surface area contributed by atoms with E-state index >= 15 is 0 Å². The zero-order valence-corrected chi connectivity index (χ0v) is 11.3. The summed E-state index contributed by atoms with van der Waals surface area (Å²) in [7, 11) is -2.98. The van der Waals surface area contributed by atoms with E-state index in [1.165, 1.54) is 0 Å². The van der Waals surface area contributed by atoms with Crippen molar-refractivity contribution in [2.24, 2.45) is 0 Å². The average Bonchev–Trinajstić information content (AvgIpc) is 2.93. The van der Waals surface area contributed by atoms with Crippen molar-refractivity contribution in [2.45, 2.75) is 18.6 Å². The first-order valence-corrected chi connectivity index (χ1v) is 8.19. The molecule has 2 aliphatic rings. The number of sulfone groups is 1. The third kappa shape index (κ3) is 2.37. The first-order valence-electron chi connectivity index (χ1n) is 6.37. The fourth-order valence-electron chi connectivity index (χ4n) is 2.84. The fraction of sp³-hybridized carbons (Fsp3) is 0.462. The smallest absolute Gasteiger partial charge is 0.238 e. The van der Waals surface area contributed by atoms with E-state index in [-0.39, 0.29) is 36.2 Å². The van der Waals surface area contributed by atoms with Crippen LogP contribution in [0.4, 0.5) is 0 Å². The van der Waals surface area contributed by atoms with Crippen molar-refractivity contribution >= 4 is 15.7 Å². The minimum Gasteiger partial charge on any atom is -0.318 e. The Labute approximate surface area is 112 Å². The molecule has 19 heavy (non-hydrogen) atoms. The third-order valence-corrected chi connectivity index (χ3v) is 5.48. The van der Waals surface area contributed by atoms with Crippen molar-refractivity contribution in [3.63, 3.8) is 0 Å². The lowest BCUT2D eigenvalue weighted by molar-refractivity contribution is -0.129. The lowest BCUT2D eigenvalue weighted by atomic mass is 10.1. The van der Waals surface area contributed by atoms with E-state index in [1.54, 1.807) is 4.90 Å². The second-order valence-electron chi connectivity index (χ2n) is 5.05. The molecule has 2 saturated heterocycles. The number of amides is 1. The minimum atomic E-state index is -2.98. The standard InChI is InChI=1S/C13H16N2O3S/c16-12-8-14-13(10-4-2-1-3-5-10)15(12)11-6-7-19(17,18)9-11/h1-5,11,13-14H,6-9H2. The van der Waals surface area contributed by atoms with Crippen LogP contribution in [0.15, 0.2) is 30.3 Å². The lowest BCUT2D eigenvalue weighted by Crippen LogP contribution is -2.40. The number of nitrogens with one attached hydrogen (secondary N) is 1. The molecule has 1 amide bonds. The van der Waals surface area contributed by atoms with Gasteiger partial charge in [-0.2, -0.15) is 0 Å². The minimum absolute atomic E-state index is 0.0176. The summed E-state index contributed by atoms with van der Waals surface area (Å²) in [5.74, 6) is 0.253. The quantitative estimate of drug-likeness (QED) is 0.846. The maximum Gasteiger partial charge on any atom is 0.238 e. The molecule has 1 N–H and O–H groups in total. The second kappa shape index (κ2) is 4.61. The Balaban J connectivity index is 1.88. The Bertz CT molecular complexity index is 585. The Morgan fingerprint density at radius 1 is 1.21 bits per heavy atom. The molecule has 2 unspecified atom stereocenters. The maximum atomic E-state index is 12.0. The molecule has 0 saturated carbocycles. The molecular formula is C13H16N2O3S. The van der Waals surface area contributed by atoms with Crippen LogP contribution in [-0.2, 0) is 14.6 Å². The number of hydrogen-bond donors (Lipinski definition) is 1. The molecule has 1 aromatic carbocycles. The Morgan fingerprint density at radius 3 is 2.58 bits per heavy atom. The number of rotatable bonds is 2. The van der Waals surface area contributed by atoms with Gasteiger partial charge in [-0.25, -0.2) is 8.42 Å². The molecule has 5 nitrogen and oxygen atoms in total. The number of carbonyl (C=O) groups is 1. The summed E-state index contributed by atoms with van der Waals surface area (Å²) >= 11 is 0.